The van der Waals surface area contributed by atoms with Crippen LogP contribution in [0.25, 0.3) is 10.9 Å². The van der Waals surface area contributed by atoms with E-state index in [2.05, 4.69) is 90.1 Å². The van der Waals surface area contributed by atoms with Gasteiger partial charge in [0.05, 0.1) is 12.8 Å². The zero-order chi connectivity index (χ0) is 34.9. The molecule has 0 spiro atoms. The Hall–Kier alpha value is -4.46. The van der Waals surface area contributed by atoms with Gasteiger partial charge in [-0.05, 0) is 75.7 Å². The van der Waals surface area contributed by atoms with Crippen molar-refractivity contribution in [2.24, 2.45) is 5.92 Å². The second kappa shape index (κ2) is 16.1. The Morgan fingerprint density at radius 3 is 2.19 bits per heavy atom. The van der Waals surface area contributed by atoms with E-state index in [4.69, 9.17) is 25.3 Å². The zero-order valence-corrected chi connectivity index (χ0v) is 27.4. The van der Waals surface area contributed by atoms with Crippen LogP contribution in [0.5, 0.6) is 0 Å². The van der Waals surface area contributed by atoms with Gasteiger partial charge in [-0.3, -0.25) is 14.5 Å². The second-order valence-corrected chi connectivity index (χ2v) is 13.0. The topological polar surface area (TPSA) is 193 Å². The van der Waals surface area contributed by atoms with Crippen molar-refractivity contribution in [2.45, 2.75) is 68.4 Å². The van der Waals surface area contributed by atoms with Crippen molar-refractivity contribution in [3.8, 4) is 0 Å². The number of rotatable bonds is 11. The number of para-hydroxylation sites is 1. The number of hydroxylamine groups is 2. The van der Waals surface area contributed by atoms with Gasteiger partial charge < -0.3 is 35.6 Å². The van der Waals surface area contributed by atoms with E-state index in [1.165, 1.54) is 16.5 Å². The molecule has 260 valence electrons. The molecule has 5 rings (SSSR count). The summed E-state index contributed by atoms with van der Waals surface area (Å²) in [5.41, 5.74) is 1.22. The van der Waals surface area contributed by atoms with Gasteiger partial charge in [0, 0.05) is 48.2 Å². The molecule has 6 N–H and O–H groups in total. The van der Waals surface area contributed by atoms with Crippen molar-refractivity contribution >= 4 is 34.9 Å². The van der Waals surface area contributed by atoms with E-state index in [9.17, 15) is 19.2 Å². The lowest BCUT2D eigenvalue weighted by Crippen LogP contribution is -2.46. The van der Waals surface area contributed by atoms with E-state index in [-0.39, 0.29) is 11.6 Å². The van der Waals surface area contributed by atoms with Gasteiger partial charge in [-0.2, -0.15) is 0 Å². The summed E-state index contributed by atoms with van der Waals surface area (Å²) in [6, 6.07) is 19.3. The van der Waals surface area contributed by atoms with Crippen molar-refractivity contribution in [1.82, 2.24) is 20.3 Å². The third-order valence-corrected chi connectivity index (χ3v) is 9.58. The largest absolute Gasteiger partial charge is 0.481 e. The number of aliphatic carboxylic acids is 3. The molecule has 2 heterocycles. The second-order valence-electron chi connectivity index (χ2n) is 13.0. The number of H-pyrrole nitrogens is 1. The van der Waals surface area contributed by atoms with E-state index < -0.39 is 36.4 Å². The molecule has 13 heteroatoms. The minimum atomic E-state index is -2.74. The molecule has 48 heavy (non-hydrogen) atoms. The van der Waals surface area contributed by atoms with Crippen LogP contribution in [0.4, 0.5) is 4.79 Å². The number of carbonyl (C=O) groups excluding carboxylic acids is 1. The summed E-state index contributed by atoms with van der Waals surface area (Å²) in [5.74, 6) is -4.17. The molecule has 1 aliphatic carbocycles. The number of hydrogen-bond donors (Lipinski definition) is 6. The third kappa shape index (κ3) is 9.12. The van der Waals surface area contributed by atoms with Crippen molar-refractivity contribution in [3.05, 3.63) is 71.9 Å². The number of piperidine rings is 1. The van der Waals surface area contributed by atoms with Crippen LogP contribution in [0.1, 0.15) is 68.4 Å². The Balaban J connectivity index is 0.000000341. The molecular formula is C35H46N4O9. The van der Waals surface area contributed by atoms with Crippen LogP contribution >= 0.6 is 0 Å². The minimum absolute atomic E-state index is 0.0868. The summed E-state index contributed by atoms with van der Waals surface area (Å²) in [6.45, 7) is 2.20. The van der Waals surface area contributed by atoms with Crippen molar-refractivity contribution in [2.75, 3.05) is 33.7 Å². The number of aromatic nitrogens is 1. The van der Waals surface area contributed by atoms with Gasteiger partial charge in [0.15, 0.2) is 5.60 Å². The minimum Gasteiger partial charge on any atom is -0.481 e. The van der Waals surface area contributed by atoms with Gasteiger partial charge in [0.25, 0.3) is 0 Å². The van der Waals surface area contributed by atoms with E-state index in [0.717, 1.165) is 57.1 Å². The Kier molecular flexibility index (Phi) is 12.2. The molecular weight excluding hydrogens is 620 g/mol. The smallest absolute Gasteiger partial charge is 0.426 e. The number of aromatic amines is 1. The van der Waals surface area contributed by atoms with Crippen molar-refractivity contribution in [3.63, 3.8) is 0 Å². The molecule has 3 aromatic rings. The highest BCUT2D eigenvalue weighted by Crippen LogP contribution is 2.43. The summed E-state index contributed by atoms with van der Waals surface area (Å²) in [7, 11) is 4.37. The highest BCUT2D eigenvalue weighted by atomic mass is 16.7. The predicted molar refractivity (Wildman–Crippen MR) is 177 cm³/mol. The maximum Gasteiger partial charge on any atom is 0.426 e. The number of carboxylic acid groups (broad SMARTS) is 3. The van der Waals surface area contributed by atoms with Gasteiger partial charge in [0.1, 0.15) is 0 Å². The van der Waals surface area contributed by atoms with Crippen LogP contribution in [0.2, 0.25) is 0 Å². The summed E-state index contributed by atoms with van der Waals surface area (Å²) in [4.78, 5) is 54.6. The van der Waals surface area contributed by atoms with Gasteiger partial charge >= 0.3 is 24.0 Å². The van der Waals surface area contributed by atoms with Crippen LogP contribution in [0.3, 0.4) is 0 Å². The number of amides is 1. The number of nitrogens with one attached hydrogen (secondary N) is 2. The van der Waals surface area contributed by atoms with E-state index >= 15 is 0 Å². The van der Waals surface area contributed by atoms with Gasteiger partial charge in [-0.1, -0.05) is 48.5 Å². The lowest BCUT2D eigenvalue weighted by atomic mass is 9.72. The molecule has 1 atom stereocenters. The molecule has 0 bridgehead atoms. The van der Waals surface area contributed by atoms with Crippen molar-refractivity contribution in [1.29, 1.82) is 0 Å². The summed E-state index contributed by atoms with van der Waals surface area (Å²) in [6.07, 6.45) is 6.03. The SMILES string of the molecule is CN(C)C1(c2ccccc2)CCC(CNC(=O)ON2CCCC(c3c[nH]c4ccccc34)C2)CC1.O=C(O)CC(O)(CC(=O)O)C(=O)O. The summed E-state index contributed by atoms with van der Waals surface area (Å²) in [5, 5.41) is 40.0. The Bertz CT molecular complexity index is 1530. The number of fused-ring (bicyclic) bond motifs is 1. The number of aliphatic hydroxyl groups is 1. The number of benzene rings is 2. The third-order valence-electron chi connectivity index (χ3n) is 9.58. The van der Waals surface area contributed by atoms with E-state index in [1.807, 2.05) is 5.06 Å². The standard InChI is InChI=1S/C29H38N4O2.C6H8O7/c1-32(2)29(24-10-4-3-5-11-24)16-14-22(15-17-29)19-31-28(34)35-33-18-8-9-23(21-33)26-20-30-27-13-7-6-12-25(26)27;7-3(8)1-6(13,5(11)12)2-4(9)10/h3-7,10-13,20,22-23,30H,8-9,14-19,21H2,1-2H3,(H,31,34);13H,1-2H2,(H,7,8)(H,9,10)(H,11,12). The fourth-order valence-electron chi connectivity index (χ4n) is 6.90. The number of carbonyl (C=O) groups is 4. The first-order valence-electron chi connectivity index (χ1n) is 16.2. The molecule has 2 aliphatic rings. The highest BCUT2D eigenvalue weighted by Gasteiger charge is 2.41. The Morgan fingerprint density at radius 2 is 1.58 bits per heavy atom. The van der Waals surface area contributed by atoms with Gasteiger partial charge in [-0.15, -0.1) is 5.06 Å². The normalized spacial score (nSPS) is 21.6. The molecule has 2 fully saturated rings. The van der Waals surface area contributed by atoms with Gasteiger partial charge in [-0.25, -0.2) is 9.59 Å². The molecule has 2 aromatic carbocycles. The average Bonchev–Trinajstić information content (AvgIpc) is 3.48. The number of nitrogens with zero attached hydrogens (tertiary/aromatic N) is 2. The summed E-state index contributed by atoms with van der Waals surface area (Å²) >= 11 is 0. The van der Waals surface area contributed by atoms with Crippen LogP contribution in [0, 0.1) is 5.92 Å². The Labute approximate surface area is 279 Å². The highest BCUT2D eigenvalue weighted by molar-refractivity contribution is 5.88. The first kappa shape index (κ1) is 36.4. The zero-order valence-electron chi connectivity index (χ0n) is 27.4. The van der Waals surface area contributed by atoms with Crippen LogP contribution in [0.15, 0.2) is 60.8 Å². The summed E-state index contributed by atoms with van der Waals surface area (Å²) < 4.78 is 0. The fraction of sp³-hybridized carbons (Fsp3) is 0.486. The lowest BCUT2D eigenvalue weighted by molar-refractivity contribution is -0.170. The molecule has 1 aromatic heterocycles. The van der Waals surface area contributed by atoms with Crippen molar-refractivity contribution < 1.29 is 44.4 Å². The maximum absolute atomic E-state index is 12.6. The molecule has 1 amide bonds. The maximum atomic E-state index is 12.6. The van der Waals surface area contributed by atoms with Crippen LogP contribution in [-0.4, -0.2) is 98.7 Å². The molecule has 13 nitrogen and oxygen atoms in total. The van der Waals surface area contributed by atoms with E-state index in [0.29, 0.717) is 18.4 Å². The van der Waals surface area contributed by atoms with Crippen LogP contribution < -0.4 is 5.32 Å². The predicted octanol–water partition coefficient (Wildman–Crippen LogP) is 4.39. The molecule has 1 unspecified atom stereocenters. The van der Waals surface area contributed by atoms with Gasteiger partial charge in [0.2, 0.25) is 0 Å². The lowest BCUT2D eigenvalue weighted by Gasteiger charge is -2.45. The molecule has 1 saturated carbocycles. The first-order valence-corrected chi connectivity index (χ1v) is 16.2. The number of hydrogen-bond acceptors (Lipinski definition) is 8. The van der Waals surface area contributed by atoms with E-state index in [1.54, 1.807) is 0 Å². The quantitative estimate of drug-likeness (QED) is 0.170. The number of carboxylic acids is 3. The molecule has 0 radical (unpaired) electrons. The van der Waals surface area contributed by atoms with Crippen LogP contribution in [-0.2, 0) is 24.8 Å². The molecule has 1 aliphatic heterocycles. The first-order chi connectivity index (χ1) is 22.8. The average molecular weight is 667 g/mol. The Morgan fingerprint density at radius 1 is 0.958 bits per heavy atom. The fourth-order valence-corrected chi connectivity index (χ4v) is 6.90. The monoisotopic (exact) mass is 666 g/mol. The molecule has 1 saturated heterocycles.